The van der Waals surface area contributed by atoms with E-state index in [0.717, 1.165) is 16.9 Å². The highest BCUT2D eigenvalue weighted by molar-refractivity contribution is 9.10. The number of anilines is 1. The highest BCUT2D eigenvalue weighted by Crippen LogP contribution is 2.37. The van der Waals surface area contributed by atoms with E-state index in [2.05, 4.69) is 45.8 Å². The van der Waals surface area contributed by atoms with E-state index in [9.17, 15) is 12.8 Å². The Morgan fingerprint density at radius 2 is 1.75 bits per heavy atom. The Hall–Kier alpha value is -3.65. The summed E-state index contributed by atoms with van der Waals surface area (Å²) in [5.74, 6) is 0.478. The van der Waals surface area contributed by atoms with Crippen molar-refractivity contribution in [2.45, 2.75) is 18.6 Å². The monoisotopic (exact) mass is 577 g/mol. The molecule has 0 aliphatic heterocycles. The molecule has 3 heterocycles. The lowest BCUT2D eigenvalue weighted by Gasteiger charge is -2.18. The molecule has 0 spiro atoms. The quantitative estimate of drug-likeness (QED) is 0.317. The molecule has 0 aliphatic carbocycles. The Labute approximate surface area is 214 Å². The third-order valence-corrected chi connectivity index (χ3v) is 7.33. The van der Waals surface area contributed by atoms with E-state index in [-0.39, 0.29) is 24.0 Å². The van der Waals surface area contributed by atoms with Gasteiger partial charge in [0.25, 0.3) is 0 Å². The van der Waals surface area contributed by atoms with Crippen molar-refractivity contribution in [2.75, 3.05) is 18.9 Å². The number of halogens is 2. The van der Waals surface area contributed by atoms with Gasteiger partial charge < -0.3 is 9.47 Å². The first-order chi connectivity index (χ1) is 17.2. The number of nitrogens with zero attached hydrogens (tertiary/aromatic N) is 6. The minimum Gasteiger partial charge on any atom is -0.494 e. The maximum absolute atomic E-state index is 13.3. The van der Waals surface area contributed by atoms with Gasteiger partial charge in [0.15, 0.2) is 11.6 Å². The molecule has 0 bridgehead atoms. The zero-order valence-electron chi connectivity index (χ0n) is 19.4. The van der Waals surface area contributed by atoms with E-state index in [1.54, 1.807) is 36.5 Å². The van der Waals surface area contributed by atoms with E-state index in [1.165, 1.54) is 25.7 Å². The van der Waals surface area contributed by atoms with Crippen LogP contribution in [0.2, 0.25) is 0 Å². The molecule has 0 amide bonds. The zero-order chi connectivity index (χ0) is 25.9. The summed E-state index contributed by atoms with van der Waals surface area (Å²) in [6.07, 6.45) is 3.49. The standard InChI is InChI=1S/C22H21BrFN7O4S/c1-13(9-19-26-11-15(24)12-27-19)36(32,33)30-22-29-28-21(16-10-14(23)7-8-25-16)31(22)20-17(34-2)5-4-6-18(20)35-3/h4-8,10-13H,9H2,1-3H3,(H,29,30)/t13-/m1/s1. The third kappa shape index (κ3) is 5.28. The van der Waals surface area contributed by atoms with Crippen LogP contribution in [0.25, 0.3) is 17.2 Å². The van der Waals surface area contributed by atoms with Crippen molar-refractivity contribution in [2.24, 2.45) is 0 Å². The Morgan fingerprint density at radius 1 is 1.08 bits per heavy atom. The van der Waals surface area contributed by atoms with Crippen molar-refractivity contribution < 1.29 is 22.3 Å². The lowest BCUT2D eigenvalue weighted by molar-refractivity contribution is 0.391. The van der Waals surface area contributed by atoms with Gasteiger partial charge in [-0.2, -0.15) is 0 Å². The van der Waals surface area contributed by atoms with E-state index in [4.69, 9.17) is 9.47 Å². The molecule has 0 fully saturated rings. The third-order valence-electron chi connectivity index (χ3n) is 5.15. The first-order valence-electron chi connectivity index (χ1n) is 10.5. The second-order valence-electron chi connectivity index (χ2n) is 7.53. The van der Waals surface area contributed by atoms with Crippen LogP contribution < -0.4 is 14.2 Å². The zero-order valence-corrected chi connectivity index (χ0v) is 21.8. The Morgan fingerprint density at radius 3 is 2.36 bits per heavy atom. The maximum Gasteiger partial charge on any atom is 0.243 e. The number of aromatic nitrogens is 6. The summed E-state index contributed by atoms with van der Waals surface area (Å²) in [5.41, 5.74) is 0.791. The molecule has 4 aromatic rings. The second kappa shape index (κ2) is 10.5. The number of hydrogen-bond donors (Lipinski definition) is 1. The van der Waals surface area contributed by atoms with Gasteiger partial charge in [-0.3, -0.25) is 14.3 Å². The first-order valence-corrected chi connectivity index (χ1v) is 12.8. The predicted octanol–water partition coefficient (Wildman–Crippen LogP) is 3.41. The van der Waals surface area contributed by atoms with Crippen LogP contribution in [-0.4, -0.2) is 57.6 Å². The molecule has 11 nitrogen and oxygen atoms in total. The number of ether oxygens (including phenoxy) is 2. The van der Waals surface area contributed by atoms with Crippen LogP contribution in [0.15, 0.2) is 53.4 Å². The van der Waals surface area contributed by atoms with Gasteiger partial charge in [0.1, 0.15) is 28.7 Å². The molecular weight excluding hydrogens is 557 g/mol. The Bertz CT molecular complexity index is 1460. The number of sulfonamides is 1. The fourth-order valence-electron chi connectivity index (χ4n) is 3.35. The molecule has 1 atom stereocenters. The summed E-state index contributed by atoms with van der Waals surface area (Å²) in [5, 5.41) is 7.34. The molecule has 4 rings (SSSR count). The highest BCUT2D eigenvalue weighted by Gasteiger charge is 2.29. The Balaban J connectivity index is 1.81. The smallest absolute Gasteiger partial charge is 0.243 e. The van der Waals surface area contributed by atoms with Gasteiger partial charge in [-0.25, -0.2) is 22.8 Å². The number of rotatable bonds is 9. The molecule has 0 unspecified atom stereocenters. The summed E-state index contributed by atoms with van der Waals surface area (Å²) >= 11 is 3.41. The minimum absolute atomic E-state index is 0.0538. The summed E-state index contributed by atoms with van der Waals surface area (Å²) in [7, 11) is -1.07. The lowest BCUT2D eigenvalue weighted by atomic mass is 10.2. The average Bonchev–Trinajstić information content (AvgIpc) is 3.27. The molecular formula is C22H21BrFN7O4S. The minimum atomic E-state index is -4.03. The Kier molecular flexibility index (Phi) is 7.45. The van der Waals surface area contributed by atoms with Crippen molar-refractivity contribution in [1.29, 1.82) is 0 Å². The first kappa shape index (κ1) is 25.4. The molecule has 0 radical (unpaired) electrons. The van der Waals surface area contributed by atoms with Crippen LogP contribution in [0.1, 0.15) is 12.7 Å². The normalized spacial score (nSPS) is 12.2. The lowest BCUT2D eigenvalue weighted by Crippen LogP contribution is -2.29. The van der Waals surface area contributed by atoms with Crippen LogP contribution in [-0.2, 0) is 16.4 Å². The number of benzene rings is 1. The van der Waals surface area contributed by atoms with E-state index in [0.29, 0.717) is 22.9 Å². The van der Waals surface area contributed by atoms with Gasteiger partial charge in [-0.15, -0.1) is 10.2 Å². The highest BCUT2D eigenvalue weighted by atomic mass is 79.9. The summed E-state index contributed by atoms with van der Waals surface area (Å²) in [6.45, 7) is 1.48. The summed E-state index contributed by atoms with van der Waals surface area (Å²) < 4.78 is 55.4. The summed E-state index contributed by atoms with van der Waals surface area (Å²) in [4.78, 5) is 12.0. The van der Waals surface area contributed by atoms with E-state index < -0.39 is 21.1 Å². The number of hydrogen-bond acceptors (Lipinski definition) is 9. The fourth-order valence-corrected chi connectivity index (χ4v) is 4.64. The van der Waals surface area contributed by atoms with Gasteiger partial charge in [0.05, 0.1) is 31.9 Å². The SMILES string of the molecule is COc1cccc(OC)c1-n1c(NS(=O)(=O)[C@H](C)Cc2ncc(F)cn2)nnc1-c1cc(Br)ccn1. The molecule has 1 N–H and O–H groups in total. The van der Waals surface area contributed by atoms with Crippen molar-refractivity contribution >= 4 is 31.9 Å². The van der Waals surface area contributed by atoms with Crippen LogP contribution >= 0.6 is 15.9 Å². The topological polar surface area (TPSA) is 134 Å². The van der Waals surface area contributed by atoms with Crippen molar-refractivity contribution in [3.8, 4) is 28.7 Å². The van der Waals surface area contributed by atoms with E-state index >= 15 is 0 Å². The number of methoxy groups -OCH3 is 2. The van der Waals surface area contributed by atoms with Gasteiger partial charge in [-0.1, -0.05) is 22.0 Å². The van der Waals surface area contributed by atoms with Crippen LogP contribution in [0.3, 0.4) is 0 Å². The number of pyridine rings is 1. The van der Waals surface area contributed by atoms with E-state index in [1.807, 2.05) is 0 Å². The molecule has 188 valence electrons. The van der Waals surface area contributed by atoms with Crippen LogP contribution in [0.5, 0.6) is 11.5 Å². The largest absolute Gasteiger partial charge is 0.494 e. The van der Waals surface area contributed by atoms with Gasteiger partial charge in [-0.05, 0) is 31.2 Å². The molecule has 14 heteroatoms. The number of nitrogens with one attached hydrogen (secondary N) is 1. The second-order valence-corrected chi connectivity index (χ2v) is 10.5. The molecule has 3 aromatic heterocycles. The average molecular weight is 578 g/mol. The molecule has 0 saturated carbocycles. The van der Waals surface area contributed by atoms with Crippen LogP contribution in [0.4, 0.5) is 10.3 Å². The summed E-state index contributed by atoms with van der Waals surface area (Å²) in [6, 6.07) is 8.59. The molecule has 36 heavy (non-hydrogen) atoms. The molecule has 0 aliphatic rings. The van der Waals surface area contributed by atoms with Crippen molar-refractivity contribution in [1.82, 2.24) is 29.7 Å². The van der Waals surface area contributed by atoms with Crippen LogP contribution in [0, 0.1) is 5.82 Å². The van der Waals surface area contributed by atoms with Crippen molar-refractivity contribution in [3.05, 3.63) is 65.0 Å². The van der Waals surface area contributed by atoms with Gasteiger partial charge >= 0.3 is 0 Å². The van der Waals surface area contributed by atoms with Gasteiger partial charge in [0.2, 0.25) is 16.0 Å². The van der Waals surface area contributed by atoms with Gasteiger partial charge in [0, 0.05) is 17.1 Å². The van der Waals surface area contributed by atoms with Crippen molar-refractivity contribution in [3.63, 3.8) is 0 Å². The number of para-hydroxylation sites is 1. The molecule has 0 saturated heterocycles. The predicted molar refractivity (Wildman–Crippen MR) is 133 cm³/mol. The fraction of sp³-hybridized carbons (Fsp3) is 0.227. The maximum atomic E-state index is 13.3. The molecule has 1 aromatic carbocycles.